The van der Waals surface area contributed by atoms with E-state index in [9.17, 15) is 5.11 Å². The van der Waals surface area contributed by atoms with E-state index in [1.54, 1.807) is 0 Å². The molecule has 0 aromatic heterocycles. The quantitative estimate of drug-likeness (QED) is 0.805. The van der Waals surface area contributed by atoms with Gasteiger partial charge in [-0.3, -0.25) is 4.84 Å². The summed E-state index contributed by atoms with van der Waals surface area (Å²) in [6.45, 7) is 11.2. The smallest absolute Gasteiger partial charge is 0.102 e. The van der Waals surface area contributed by atoms with E-state index in [4.69, 9.17) is 4.84 Å². The molecule has 3 nitrogen and oxygen atoms in total. The van der Waals surface area contributed by atoms with Gasteiger partial charge in [-0.25, -0.2) is 0 Å². The van der Waals surface area contributed by atoms with E-state index in [0.29, 0.717) is 0 Å². The summed E-state index contributed by atoms with van der Waals surface area (Å²) in [6, 6.07) is 0. The Morgan fingerprint density at radius 1 is 1.18 bits per heavy atom. The first-order chi connectivity index (χ1) is 7.83. The lowest BCUT2D eigenvalue weighted by Gasteiger charge is -2.52. The van der Waals surface area contributed by atoms with Crippen molar-refractivity contribution in [2.75, 3.05) is 6.61 Å². The Kier molecular flexibility index (Phi) is 4.99. The van der Waals surface area contributed by atoms with Crippen LogP contribution >= 0.6 is 0 Å². The van der Waals surface area contributed by atoms with Gasteiger partial charge in [0, 0.05) is 11.1 Å². The van der Waals surface area contributed by atoms with Gasteiger partial charge in [-0.2, -0.15) is 5.06 Å². The number of aliphatic hydroxyl groups is 1. The van der Waals surface area contributed by atoms with Crippen LogP contribution in [-0.2, 0) is 4.84 Å². The molecule has 1 fully saturated rings. The van der Waals surface area contributed by atoms with Crippen LogP contribution < -0.4 is 0 Å². The first-order valence-electron chi connectivity index (χ1n) is 6.91. The highest BCUT2D eigenvalue weighted by molar-refractivity contribution is 4.93. The molecule has 1 atom stereocenters. The minimum atomic E-state index is -0.0587. The van der Waals surface area contributed by atoms with Crippen molar-refractivity contribution in [3.8, 4) is 0 Å². The highest BCUT2D eigenvalue weighted by Crippen LogP contribution is 2.38. The van der Waals surface area contributed by atoms with Gasteiger partial charge in [0.15, 0.2) is 0 Å². The molecular weight excluding hydrogens is 214 g/mol. The topological polar surface area (TPSA) is 32.7 Å². The summed E-state index contributed by atoms with van der Waals surface area (Å²) >= 11 is 0. The van der Waals surface area contributed by atoms with E-state index in [1.165, 1.54) is 6.42 Å². The van der Waals surface area contributed by atoms with Gasteiger partial charge in [0.1, 0.15) is 6.10 Å². The van der Waals surface area contributed by atoms with Crippen LogP contribution in [0.25, 0.3) is 0 Å². The Balaban J connectivity index is 2.75. The fourth-order valence-corrected chi connectivity index (χ4v) is 2.91. The lowest BCUT2D eigenvalue weighted by molar-refractivity contribution is -0.309. The number of hydrogen-bond acceptors (Lipinski definition) is 3. The highest BCUT2D eigenvalue weighted by Gasteiger charge is 2.43. The van der Waals surface area contributed by atoms with Crippen LogP contribution in [0.4, 0.5) is 0 Å². The molecule has 1 aliphatic rings. The van der Waals surface area contributed by atoms with Gasteiger partial charge in [0.05, 0.1) is 6.61 Å². The number of hydrogen-bond donors (Lipinski definition) is 1. The Morgan fingerprint density at radius 3 is 2.12 bits per heavy atom. The largest absolute Gasteiger partial charge is 0.394 e. The minimum Gasteiger partial charge on any atom is -0.394 e. The van der Waals surface area contributed by atoms with Crippen molar-refractivity contribution in [2.45, 2.75) is 83.9 Å². The number of rotatable bonds is 5. The molecule has 0 radical (unpaired) electrons. The maximum absolute atomic E-state index is 9.38. The second-order valence-corrected chi connectivity index (χ2v) is 6.47. The molecule has 0 aromatic rings. The number of piperidine rings is 1. The summed E-state index contributed by atoms with van der Waals surface area (Å²) in [4.78, 5) is 6.09. The molecule has 17 heavy (non-hydrogen) atoms. The normalized spacial score (nSPS) is 25.8. The van der Waals surface area contributed by atoms with Crippen LogP contribution in [0.3, 0.4) is 0 Å². The lowest BCUT2D eigenvalue weighted by Crippen LogP contribution is -2.59. The van der Waals surface area contributed by atoms with E-state index in [1.807, 2.05) is 0 Å². The van der Waals surface area contributed by atoms with Crippen LogP contribution in [0.2, 0.25) is 0 Å². The molecule has 0 aromatic carbocycles. The number of aliphatic hydroxyl groups excluding tert-OH is 1. The third kappa shape index (κ3) is 3.67. The standard InChI is InChI=1S/C14H29NO2/c1-6-8-12(11-16)17-15-13(2,3)9-7-10-14(15,4)5/h12,16H,6-11H2,1-5H3/t12-/m0/s1. The summed E-state index contributed by atoms with van der Waals surface area (Å²) in [5.41, 5.74) is 0.117. The van der Waals surface area contributed by atoms with Crippen LogP contribution in [0.1, 0.15) is 66.7 Å². The van der Waals surface area contributed by atoms with Crippen molar-refractivity contribution in [3.63, 3.8) is 0 Å². The minimum absolute atomic E-state index is 0.0584. The number of nitrogens with zero attached hydrogens (tertiary/aromatic N) is 1. The lowest BCUT2D eigenvalue weighted by atomic mass is 9.82. The van der Waals surface area contributed by atoms with Gasteiger partial charge in [-0.05, 0) is 53.4 Å². The Labute approximate surface area is 106 Å². The maximum Gasteiger partial charge on any atom is 0.102 e. The Morgan fingerprint density at radius 2 is 1.71 bits per heavy atom. The molecule has 1 saturated heterocycles. The van der Waals surface area contributed by atoms with Gasteiger partial charge in [-0.1, -0.05) is 13.3 Å². The SMILES string of the molecule is CCC[C@@H](CO)ON1C(C)(C)CCCC1(C)C. The van der Waals surface area contributed by atoms with E-state index in [2.05, 4.69) is 39.7 Å². The van der Waals surface area contributed by atoms with Crippen LogP contribution in [0.5, 0.6) is 0 Å². The van der Waals surface area contributed by atoms with Gasteiger partial charge >= 0.3 is 0 Å². The third-order valence-corrected chi connectivity index (χ3v) is 3.75. The van der Waals surface area contributed by atoms with E-state index >= 15 is 0 Å². The van der Waals surface area contributed by atoms with Crippen LogP contribution in [-0.4, -0.2) is 34.0 Å². The van der Waals surface area contributed by atoms with Crippen LogP contribution in [0, 0.1) is 0 Å². The molecule has 0 bridgehead atoms. The zero-order valence-corrected chi connectivity index (χ0v) is 12.1. The molecule has 102 valence electrons. The molecule has 1 aliphatic heterocycles. The average Bonchev–Trinajstić information content (AvgIpc) is 2.21. The van der Waals surface area contributed by atoms with Gasteiger partial charge in [-0.15, -0.1) is 0 Å². The molecule has 3 heteroatoms. The van der Waals surface area contributed by atoms with Crippen molar-refractivity contribution in [1.82, 2.24) is 5.06 Å². The summed E-state index contributed by atoms with van der Waals surface area (Å²) < 4.78 is 0. The maximum atomic E-state index is 9.38. The van der Waals surface area contributed by atoms with E-state index < -0.39 is 0 Å². The van der Waals surface area contributed by atoms with Crippen molar-refractivity contribution < 1.29 is 9.94 Å². The molecule has 0 spiro atoms. The van der Waals surface area contributed by atoms with Crippen molar-refractivity contribution in [3.05, 3.63) is 0 Å². The Bertz CT molecular complexity index is 222. The van der Waals surface area contributed by atoms with Crippen LogP contribution in [0.15, 0.2) is 0 Å². The van der Waals surface area contributed by atoms with Crippen molar-refractivity contribution >= 4 is 0 Å². The summed E-state index contributed by atoms with van der Waals surface area (Å²) in [6.07, 6.45) is 5.45. The fourth-order valence-electron chi connectivity index (χ4n) is 2.91. The van der Waals surface area contributed by atoms with E-state index in [0.717, 1.165) is 25.7 Å². The second kappa shape index (κ2) is 5.68. The Hall–Kier alpha value is -0.120. The summed E-state index contributed by atoms with van der Waals surface area (Å²) in [7, 11) is 0. The first-order valence-corrected chi connectivity index (χ1v) is 6.91. The van der Waals surface area contributed by atoms with Gasteiger partial charge in [0.2, 0.25) is 0 Å². The van der Waals surface area contributed by atoms with Crippen molar-refractivity contribution in [1.29, 1.82) is 0 Å². The summed E-state index contributed by atoms with van der Waals surface area (Å²) in [5.74, 6) is 0. The predicted molar refractivity (Wildman–Crippen MR) is 70.7 cm³/mol. The van der Waals surface area contributed by atoms with E-state index in [-0.39, 0.29) is 23.8 Å². The molecule has 0 amide bonds. The number of hydroxylamine groups is 2. The molecule has 1 heterocycles. The van der Waals surface area contributed by atoms with Crippen molar-refractivity contribution in [2.24, 2.45) is 0 Å². The molecular formula is C14H29NO2. The second-order valence-electron chi connectivity index (χ2n) is 6.47. The molecule has 1 rings (SSSR count). The molecule has 0 unspecified atom stereocenters. The van der Waals surface area contributed by atoms with Gasteiger partial charge < -0.3 is 5.11 Å². The third-order valence-electron chi connectivity index (χ3n) is 3.75. The predicted octanol–water partition coefficient (Wildman–Crippen LogP) is 3.12. The zero-order chi connectivity index (χ0) is 13.1. The average molecular weight is 243 g/mol. The van der Waals surface area contributed by atoms with Gasteiger partial charge in [0.25, 0.3) is 0 Å². The zero-order valence-electron chi connectivity index (χ0n) is 12.1. The monoisotopic (exact) mass is 243 g/mol. The molecule has 0 aliphatic carbocycles. The fraction of sp³-hybridized carbons (Fsp3) is 1.00. The molecule has 1 N–H and O–H groups in total. The molecule has 0 saturated carbocycles. The highest BCUT2D eigenvalue weighted by atomic mass is 16.7. The summed E-state index contributed by atoms with van der Waals surface area (Å²) in [5, 5.41) is 11.5. The first kappa shape index (κ1) is 14.9.